The molecule has 0 bridgehead atoms. The number of sulfone groups is 1. The number of fused-ring (bicyclic) bond motifs is 1. The summed E-state index contributed by atoms with van der Waals surface area (Å²) in [5.41, 5.74) is 1.19. The Morgan fingerprint density at radius 1 is 1.26 bits per heavy atom. The number of aryl methyl sites for hydroxylation is 1. The van der Waals surface area contributed by atoms with E-state index in [-0.39, 0.29) is 23.6 Å². The maximum atomic E-state index is 11.8. The lowest BCUT2D eigenvalue weighted by Gasteiger charge is -2.12. The molecule has 2 heterocycles. The summed E-state index contributed by atoms with van der Waals surface area (Å²) in [6, 6.07) is 9.72. The third-order valence-electron chi connectivity index (χ3n) is 4.11. The Bertz CT molecular complexity index is 798. The lowest BCUT2D eigenvalue weighted by molar-refractivity contribution is 0.237. The number of nitrogens with one attached hydrogen (secondary N) is 2. The fourth-order valence-corrected chi connectivity index (χ4v) is 4.61. The molecule has 3 rings (SSSR count). The van der Waals surface area contributed by atoms with Crippen molar-refractivity contribution in [3.8, 4) is 0 Å². The number of hydrogen-bond acceptors (Lipinski definition) is 3. The molecule has 2 aromatic rings. The van der Waals surface area contributed by atoms with Crippen molar-refractivity contribution < 1.29 is 13.2 Å². The molecule has 6 nitrogen and oxygen atoms in total. The smallest absolute Gasteiger partial charge is 0.315 e. The molecule has 0 aliphatic carbocycles. The maximum absolute atomic E-state index is 11.8. The van der Waals surface area contributed by atoms with E-state index in [2.05, 4.69) is 33.4 Å². The monoisotopic (exact) mass is 335 g/mol. The highest BCUT2D eigenvalue weighted by atomic mass is 32.2. The van der Waals surface area contributed by atoms with Crippen molar-refractivity contribution >= 4 is 26.8 Å². The number of para-hydroxylation sites is 1. The summed E-state index contributed by atoms with van der Waals surface area (Å²) >= 11 is 0. The number of carbonyl (C=O) groups excluding carboxylic acids is 1. The largest absolute Gasteiger partial charge is 0.347 e. The van der Waals surface area contributed by atoms with Crippen LogP contribution in [0, 0.1) is 0 Å². The summed E-state index contributed by atoms with van der Waals surface area (Å²) < 4.78 is 24.9. The van der Waals surface area contributed by atoms with Gasteiger partial charge in [0.15, 0.2) is 9.84 Å². The maximum Gasteiger partial charge on any atom is 0.315 e. The first-order chi connectivity index (χ1) is 11.0. The van der Waals surface area contributed by atoms with Gasteiger partial charge >= 0.3 is 6.03 Å². The predicted octanol–water partition coefficient (Wildman–Crippen LogP) is 1.52. The van der Waals surface area contributed by atoms with Crippen LogP contribution in [0.4, 0.5) is 4.79 Å². The molecule has 1 unspecified atom stereocenters. The van der Waals surface area contributed by atoms with E-state index in [9.17, 15) is 13.2 Å². The van der Waals surface area contributed by atoms with Crippen molar-refractivity contribution in [3.63, 3.8) is 0 Å². The Morgan fingerprint density at radius 3 is 2.87 bits per heavy atom. The van der Waals surface area contributed by atoms with Gasteiger partial charge in [-0.3, -0.25) is 0 Å². The predicted molar refractivity (Wildman–Crippen MR) is 90.1 cm³/mol. The zero-order valence-electron chi connectivity index (χ0n) is 12.9. The second-order valence-electron chi connectivity index (χ2n) is 5.92. The van der Waals surface area contributed by atoms with Crippen LogP contribution in [0.3, 0.4) is 0 Å². The Labute approximate surface area is 135 Å². The number of benzene rings is 1. The first-order valence-electron chi connectivity index (χ1n) is 7.82. The van der Waals surface area contributed by atoms with Gasteiger partial charge in [-0.1, -0.05) is 18.2 Å². The standard InChI is InChI=1S/C16H21N3O3S/c20-16(18-14-7-11-23(21,22)12-14)17-8-3-9-19-10-6-13-4-1-2-5-15(13)19/h1-2,4-6,10,14H,3,7-9,11-12H2,(H2,17,18,20). The third-order valence-corrected chi connectivity index (χ3v) is 5.88. The molecule has 1 aliphatic rings. The molecule has 1 aromatic carbocycles. The van der Waals surface area contributed by atoms with Crippen molar-refractivity contribution in [2.24, 2.45) is 0 Å². The first kappa shape index (κ1) is 15.9. The minimum atomic E-state index is -2.96. The third kappa shape index (κ3) is 4.04. The highest BCUT2D eigenvalue weighted by Gasteiger charge is 2.28. The molecule has 2 amide bonds. The van der Waals surface area contributed by atoms with Crippen LogP contribution in [0.1, 0.15) is 12.8 Å². The Hall–Kier alpha value is -2.02. The van der Waals surface area contributed by atoms with E-state index >= 15 is 0 Å². The van der Waals surface area contributed by atoms with Crippen molar-refractivity contribution in [1.82, 2.24) is 15.2 Å². The molecule has 124 valence electrons. The molecular weight excluding hydrogens is 314 g/mol. The van der Waals surface area contributed by atoms with Gasteiger partial charge in [0.05, 0.1) is 11.5 Å². The number of aromatic nitrogens is 1. The van der Waals surface area contributed by atoms with E-state index in [1.54, 1.807) is 0 Å². The van der Waals surface area contributed by atoms with Crippen molar-refractivity contribution in [3.05, 3.63) is 36.5 Å². The molecule has 1 fully saturated rings. The summed E-state index contributed by atoms with van der Waals surface area (Å²) in [5, 5.41) is 6.72. The van der Waals surface area contributed by atoms with Gasteiger partial charge in [0.1, 0.15) is 0 Å². The highest BCUT2D eigenvalue weighted by molar-refractivity contribution is 7.91. The minimum absolute atomic E-state index is 0.0514. The average molecular weight is 335 g/mol. The Kier molecular flexibility index (Phi) is 4.56. The first-order valence-corrected chi connectivity index (χ1v) is 9.64. The van der Waals surface area contributed by atoms with Crippen LogP contribution in [-0.2, 0) is 16.4 Å². The van der Waals surface area contributed by atoms with Gasteiger partial charge in [0, 0.05) is 30.8 Å². The quantitative estimate of drug-likeness (QED) is 0.813. The zero-order chi connectivity index (χ0) is 16.3. The fourth-order valence-electron chi connectivity index (χ4n) is 2.93. The molecule has 1 aliphatic heterocycles. The van der Waals surface area contributed by atoms with E-state index in [1.807, 2.05) is 18.3 Å². The lowest BCUT2D eigenvalue weighted by atomic mass is 10.2. The Morgan fingerprint density at radius 2 is 2.09 bits per heavy atom. The fraction of sp³-hybridized carbons (Fsp3) is 0.438. The zero-order valence-corrected chi connectivity index (χ0v) is 13.7. The van der Waals surface area contributed by atoms with Crippen molar-refractivity contribution in [2.45, 2.75) is 25.4 Å². The van der Waals surface area contributed by atoms with Crippen LogP contribution < -0.4 is 10.6 Å². The summed E-state index contributed by atoms with van der Waals surface area (Å²) in [5.74, 6) is 0.217. The number of amides is 2. The normalized spacial score (nSPS) is 19.7. The van der Waals surface area contributed by atoms with Crippen molar-refractivity contribution in [1.29, 1.82) is 0 Å². The van der Waals surface area contributed by atoms with Crippen molar-refractivity contribution in [2.75, 3.05) is 18.1 Å². The highest BCUT2D eigenvalue weighted by Crippen LogP contribution is 2.15. The van der Waals surface area contributed by atoms with Gasteiger partial charge in [0.25, 0.3) is 0 Å². The van der Waals surface area contributed by atoms with Gasteiger partial charge in [-0.2, -0.15) is 0 Å². The summed E-state index contributed by atoms with van der Waals surface area (Å²) in [7, 11) is -2.96. The SMILES string of the molecule is O=C(NCCCn1ccc2ccccc21)NC1CCS(=O)(=O)C1. The minimum Gasteiger partial charge on any atom is -0.347 e. The molecule has 0 radical (unpaired) electrons. The van der Waals surface area contributed by atoms with E-state index in [0.29, 0.717) is 13.0 Å². The number of urea groups is 1. The topological polar surface area (TPSA) is 80.2 Å². The lowest BCUT2D eigenvalue weighted by Crippen LogP contribution is -2.43. The average Bonchev–Trinajstić information content (AvgIpc) is 3.07. The molecule has 1 saturated heterocycles. The van der Waals surface area contributed by atoms with Crippen LogP contribution in [0.2, 0.25) is 0 Å². The summed E-state index contributed by atoms with van der Waals surface area (Å²) in [6.45, 7) is 1.38. The van der Waals surface area contributed by atoms with Crippen LogP contribution in [0.25, 0.3) is 10.9 Å². The molecule has 1 atom stereocenters. The van der Waals surface area contributed by atoms with Crippen LogP contribution >= 0.6 is 0 Å². The van der Waals surface area contributed by atoms with Gasteiger partial charge in [-0.05, 0) is 30.4 Å². The van der Waals surface area contributed by atoms with E-state index in [1.165, 1.54) is 10.9 Å². The number of hydrogen-bond donors (Lipinski definition) is 2. The molecule has 7 heteroatoms. The number of carbonyl (C=O) groups is 1. The Balaban J connectivity index is 1.40. The molecule has 0 spiro atoms. The van der Waals surface area contributed by atoms with Gasteiger partial charge in [0.2, 0.25) is 0 Å². The van der Waals surface area contributed by atoms with Gasteiger partial charge in [-0.25, -0.2) is 13.2 Å². The number of nitrogens with zero attached hydrogens (tertiary/aromatic N) is 1. The van der Waals surface area contributed by atoms with Gasteiger partial charge in [-0.15, -0.1) is 0 Å². The molecule has 0 saturated carbocycles. The second-order valence-corrected chi connectivity index (χ2v) is 8.15. The van der Waals surface area contributed by atoms with Crippen LogP contribution in [0.15, 0.2) is 36.5 Å². The number of rotatable bonds is 5. The van der Waals surface area contributed by atoms with E-state index in [0.717, 1.165) is 13.0 Å². The molecule has 2 N–H and O–H groups in total. The van der Waals surface area contributed by atoms with E-state index < -0.39 is 9.84 Å². The summed E-state index contributed by atoms with van der Waals surface area (Å²) in [4.78, 5) is 11.8. The molecule has 1 aromatic heterocycles. The van der Waals surface area contributed by atoms with E-state index in [4.69, 9.17) is 0 Å². The van der Waals surface area contributed by atoms with Crippen LogP contribution in [-0.4, -0.2) is 43.1 Å². The van der Waals surface area contributed by atoms with Crippen LogP contribution in [0.5, 0.6) is 0 Å². The summed E-state index contributed by atoms with van der Waals surface area (Å²) in [6.07, 6.45) is 3.37. The second kappa shape index (κ2) is 6.62. The molecular formula is C16H21N3O3S. The molecule has 23 heavy (non-hydrogen) atoms. The van der Waals surface area contributed by atoms with Gasteiger partial charge < -0.3 is 15.2 Å².